The summed E-state index contributed by atoms with van der Waals surface area (Å²) in [6.07, 6.45) is 2.83. The van der Waals surface area contributed by atoms with Crippen LogP contribution in [0.15, 0.2) is 35.3 Å². The second kappa shape index (κ2) is 5.46. The summed E-state index contributed by atoms with van der Waals surface area (Å²) in [4.78, 5) is 0. The Hall–Kier alpha value is -1.18. The van der Waals surface area contributed by atoms with Crippen molar-refractivity contribution in [1.82, 2.24) is 0 Å². The lowest BCUT2D eigenvalue weighted by molar-refractivity contribution is 0.344. The summed E-state index contributed by atoms with van der Waals surface area (Å²) < 4.78 is 0. The Labute approximate surface area is 79.9 Å². The van der Waals surface area contributed by atoms with E-state index in [1.807, 2.05) is 20.8 Å². The molecule has 0 saturated carbocycles. The Morgan fingerprint density at radius 2 is 1.77 bits per heavy atom. The van der Waals surface area contributed by atoms with Crippen molar-refractivity contribution < 1.29 is 10.2 Å². The molecule has 0 unspecified atom stereocenters. The van der Waals surface area contributed by atoms with Gasteiger partial charge in [-0.05, 0) is 31.4 Å². The molecule has 13 heavy (non-hydrogen) atoms. The van der Waals surface area contributed by atoms with E-state index in [0.29, 0.717) is 6.42 Å². The molecule has 74 valence electrons. The fourth-order valence-electron chi connectivity index (χ4n) is 1.14. The fraction of sp³-hybridized carbons (Fsp3) is 0.455. The van der Waals surface area contributed by atoms with E-state index in [0.717, 1.165) is 17.6 Å². The van der Waals surface area contributed by atoms with Crippen LogP contribution >= 0.6 is 0 Å². The average molecular weight is 182 g/mol. The molecule has 0 fully saturated rings. The number of allylic oxidation sites excluding steroid dienone is 3. The smallest absolute Gasteiger partial charge is 0.160 e. The molecule has 0 radical (unpaired) electrons. The normalized spacial score (nSPS) is 14.7. The number of aliphatic hydroxyl groups is 2. The zero-order valence-corrected chi connectivity index (χ0v) is 8.59. The lowest BCUT2D eigenvalue weighted by Crippen LogP contribution is -1.95. The Bertz CT molecular complexity index is 247. The highest BCUT2D eigenvalue weighted by Gasteiger charge is 2.08. The van der Waals surface area contributed by atoms with Gasteiger partial charge in [-0.3, -0.25) is 0 Å². The molecule has 0 spiro atoms. The number of rotatable bonds is 4. The summed E-state index contributed by atoms with van der Waals surface area (Å²) in [5, 5.41) is 18.8. The van der Waals surface area contributed by atoms with Crippen molar-refractivity contribution in [1.29, 1.82) is 0 Å². The predicted octanol–water partition coefficient (Wildman–Crippen LogP) is 3.64. The molecule has 2 nitrogen and oxygen atoms in total. The van der Waals surface area contributed by atoms with Crippen LogP contribution in [0.3, 0.4) is 0 Å². The predicted molar refractivity (Wildman–Crippen MR) is 55.8 cm³/mol. The van der Waals surface area contributed by atoms with Crippen molar-refractivity contribution in [3.8, 4) is 0 Å². The maximum absolute atomic E-state index is 9.58. The molecule has 0 bridgehead atoms. The van der Waals surface area contributed by atoms with E-state index in [-0.39, 0.29) is 11.5 Å². The van der Waals surface area contributed by atoms with Crippen molar-refractivity contribution in [2.24, 2.45) is 0 Å². The maximum Gasteiger partial charge on any atom is 0.160 e. The van der Waals surface area contributed by atoms with Gasteiger partial charge in [0.25, 0.3) is 0 Å². The summed E-state index contributed by atoms with van der Waals surface area (Å²) in [6, 6.07) is 0. The van der Waals surface area contributed by atoms with E-state index >= 15 is 0 Å². The largest absolute Gasteiger partial charge is 0.504 e. The minimum atomic E-state index is -0.148. The van der Waals surface area contributed by atoms with Crippen LogP contribution in [0, 0.1) is 0 Å². The minimum absolute atomic E-state index is 0.0446. The van der Waals surface area contributed by atoms with E-state index < -0.39 is 0 Å². The third-order valence-corrected chi connectivity index (χ3v) is 2.12. The second-order valence-corrected chi connectivity index (χ2v) is 2.90. The molecule has 2 N–H and O–H groups in total. The van der Waals surface area contributed by atoms with Gasteiger partial charge in [0.05, 0.1) is 0 Å². The fourth-order valence-corrected chi connectivity index (χ4v) is 1.14. The average Bonchev–Trinajstić information content (AvgIpc) is 2.17. The number of hydrogen-bond acceptors (Lipinski definition) is 2. The van der Waals surface area contributed by atoms with E-state index in [4.69, 9.17) is 0 Å². The first-order chi connectivity index (χ1) is 6.08. The molecule has 0 atom stereocenters. The van der Waals surface area contributed by atoms with Crippen molar-refractivity contribution in [3.05, 3.63) is 35.3 Å². The first-order valence-electron chi connectivity index (χ1n) is 4.52. The van der Waals surface area contributed by atoms with Crippen LogP contribution in [-0.4, -0.2) is 10.2 Å². The lowest BCUT2D eigenvalue weighted by Gasteiger charge is -2.08. The van der Waals surface area contributed by atoms with Crippen LogP contribution in [0.1, 0.15) is 33.6 Å². The third kappa shape index (κ3) is 2.98. The van der Waals surface area contributed by atoms with E-state index in [9.17, 15) is 10.2 Å². The molecule has 0 saturated heterocycles. The minimum Gasteiger partial charge on any atom is -0.504 e. The van der Waals surface area contributed by atoms with Gasteiger partial charge >= 0.3 is 0 Å². The van der Waals surface area contributed by atoms with E-state index in [1.165, 1.54) is 6.08 Å². The monoisotopic (exact) mass is 182 g/mol. The zero-order chi connectivity index (χ0) is 10.4. The van der Waals surface area contributed by atoms with E-state index in [2.05, 4.69) is 6.58 Å². The molecule has 0 heterocycles. The molecule has 0 aromatic heterocycles. The van der Waals surface area contributed by atoms with Crippen molar-refractivity contribution in [3.63, 3.8) is 0 Å². The van der Waals surface area contributed by atoms with Crippen LogP contribution in [0.5, 0.6) is 0 Å². The Balaban J connectivity index is 5.12. The highest BCUT2D eigenvalue weighted by molar-refractivity contribution is 5.33. The lowest BCUT2D eigenvalue weighted by atomic mass is 10.0. The topological polar surface area (TPSA) is 40.5 Å². The van der Waals surface area contributed by atoms with Gasteiger partial charge in [0.2, 0.25) is 0 Å². The standard InChI is InChI=1S/C11H18O2/c1-5-8(4)9(6-2)11(13)10(12)7-3/h7,12-13H,3,5-6H2,1-2,4H3/b9-8+,11-10-. The van der Waals surface area contributed by atoms with E-state index in [1.54, 1.807) is 0 Å². The van der Waals surface area contributed by atoms with Crippen LogP contribution in [-0.2, 0) is 0 Å². The molecule has 0 aromatic carbocycles. The molecule has 0 aliphatic heterocycles. The van der Waals surface area contributed by atoms with Gasteiger partial charge in [-0.15, -0.1) is 0 Å². The molecule has 0 aliphatic carbocycles. The molecule has 0 rings (SSSR count). The Morgan fingerprint density at radius 3 is 2.08 bits per heavy atom. The first-order valence-corrected chi connectivity index (χ1v) is 4.52. The Morgan fingerprint density at radius 1 is 1.23 bits per heavy atom. The highest BCUT2D eigenvalue weighted by atomic mass is 16.3. The number of hydrogen-bond donors (Lipinski definition) is 2. The first kappa shape index (κ1) is 11.8. The van der Waals surface area contributed by atoms with Gasteiger partial charge < -0.3 is 10.2 Å². The van der Waals surface area contributed by atoms with Gasteiger partial charge in [-0.25, -0.2) is 0 Å². The van der Waals surface area contributed by atoms with Crippen LogP contribution in [0.4, 0.5) is 0 Å². The summed E-state index contributed by atoms with van der Waals surface area (Å²) >= 11 is 0. The van der Waals surface area contributed by atoms with Crippen LogP contribution < -0.4 is 0 Å². The number of aliphatic hydroxyl groups excluding tert-OH is 2. The van der Waals surface area contributed by atoms with Gasteiger partial charge in [0.1, 0.15) is 0 Å². The Kier molecular flexibility index (Phi) is 4.97. The maximum atomic E-state index is 9.58. The van der Waals surface area contributed by atoms with Gasteiger partial charge in [-0.2, -0.15) is 0 Å². The molecular weight excluding hydrogens is 164 g/mol. The second-order valence-electron chi connectivity index (χ2n) is 2.90. The SMILES string of the molecule is C=C/C(O)=C(O)\C(CC)=C(/C)CC. The summed E-state index contributed by atoms with van der Waals surface area (Å²) in [5.41, 5.74) is 1.90. The quantitative estimate of drug-likeness (QED) is 0.514. The van der Waals surface area contributed by atoms with Crippen molar-refractivity contribution >= 4 is 0 Å². The summed E-state index contributed by atoms with van der Waals surface area (Å²) in [6.45, 7) is 9.31. The van der Waals surface area contributed by atoms with Gasteiger partial charge in [0.15, 0.2) is 11.5 Å². The van der Waals surface area contributed by atoms with Crippen LogP contribution in [0.2, 0.25) is 0 Å². The highest BCUT2D eigenvalue weighted by Crippen LogP contribution is 2.20. The molecule has 0 aliphatic rings. The summed E-state index contributed by atoms with van der Waals surface area (Å²) in [7, 11) is 0. The zero-order valence-electron chi connectivity index (χ0n) is 8.59. The van der Waals surface area contributed by atoms with Crippen LogP contribution in [0.25, 0.3) is 0 Å². The van der Waals surface area contributed by atoms with Crippen molar-refractivity contribution in [2.75, 3.05) is 0 Å². The summed E-state index contributed by atoms with van der Waals surface area (Å²) in [5.74, 6) is -0.193. The van der Waals surface area contributed by atoms with Gasteiger partial charge in [0, 0.05) is 0 Å². The molecule has 0 amide bonds. The third-order valence-electron chi connectivity index (χ3n) is 2.12. The van der Waals surface area contributed by atoms with Gasteiger partial charge in [-0.1, -0.05) is 26.0 Å². The molecule has 2 heteroatoms. The molecular formula is C11H18O2. The molecule has 0 aromatic rings. The van der Waals surface area contributed by atoms with Crippen molar-refractivity contribution in [2.45, 2.75) is 33.6 Å².